The van der Waals surface area contributed by atoms with Crippen molar-refractivity contribution in [3.05, 3.63) is 57.8 Å². The number of nitrogens with one attached hydrogen (secondary N) is 1. The standard InChI is InChI=1S/C13H13NOS/c1-10-4-6-11(7-5-10)13(15)14-9-12-3-2-8-16-12/h2-8H,9H2,1H3,(H,14,15). The van der Waals surface area contributed by atoms with Crippen molar-refractivity contribution in [2.24, 2.45) is 0 Å². The number of thiophene rings is 1. The van der Waals surface area contributed by atoms with Gasteiger partial charge in [0.25, 0.3) is 5.91 Å². The highest BCUT2D eigenvalue weighted by Crippen LogP contribution is 2.08. The normalized spacial score (nSPS) is 10.1. The highest BCUT2D eigenvalue weighted by molar-refractivity contribution is 7.09. The van der Waals surface area contributed by atoms with Crippen molar-refractivity contribution in [1.82, 2.24) is 5.32 Å². The van der Waals surface area contributed by atoms with E-state index in [-0.39, 0.29) is 5.91 Å². The Labute approximate surface area is 98.9 Å². The fourth-order valence-electron chi connectivity index (χ4n) is 1.39. The van der Waals surface area contributed by atoms with Gasteiger partial charge < -0.3 is 5.32 Å². The van der Waals surface area contributed by atoms with Crippen LogP contribution >= 0.6 is 11.3 Å². The minimum absolute atomic E-state index is 0.0200. The SMILES string of the molecule is Cc1ccc(C(=O)NCc2cccs2)cc1. The highest BCUT2D eigenvalue weighted by atomic mass is 32.1. The van der Waals surface area contributed by atoms with Gasteiger partial charge in [-0.15, -0.1) is 11.3 Å². The van der Waals surface area contributed by atoms with Crippen LogP contribution in [-0.2, 0) is 6.54 Å². The Morgan fingerprint density at radius 2 is 2.00 bits per heavy atom. The van der Waals surface area contributed by atoms with Crippen LogP contribution in [0.1, 0.15) is 20.8 Å². The Balaban J connectivity index is 1.95. The van der Waals surface area contributed by atoms with Gasteiger partial charge in [-0.1, -0.05) is 23.8 Å². The van der Waals surface area contributed by atoms with Gasteiger partial charge in [-0.2, -0.15) is 0 Å². The van der Waals surface area contributed by atoms with Gasteiger partial charge in [0.1, 0.15) is 0 Å². The van der Waals surface area contributed by atoms with Crippen LogP contribution in [0.5, 0.6) is 0 Å². The Hall–Kier alpha value is -1.61. The van der Waals surface area contributed by atoms with Gasteiger partial charge in [0, 0.05) is 10.4 Å². The van der Waals surface area contributed by atoms with E-state index in [0.717, 1.165) is 5.56 Å². The minimum atomic E-state index is -0.0200. The molecule has 0 saturated heterocycles. The lowest BCUT2D eigenvalue weighted by Crippen LogP contribution is -2.22. The lowest BCUT2D eigenvalue weighted by atomic mass is 10.1. The van der Waals surface area contributed by atoms with Gasteiger partial charge in [-0.25, -0.2) is 0 Å². The number of carbonyl (C=O) groups excluding carboxylic acids is 1. The molecule has 0 aliphatic rings. The summed E-state index contributed by atoms with van der Waals surface area (Å²) in [6.45, 7) is 2.61. The van der Waals surface area contributed by atoms with Gasteiger partial charge in [0.2, 0.25) is 0 Å². The van der Waals surface area contributed by atoms with Crippen LogP contribution in [0.25, 0.3) is 0 Å². The third-order valence-electron chi connectivity index (χ3n) is 2.32. The van der Waals surface area contributed by atoms with Gasteiger partial charge in [0.15, 0.2) is 0 Å². The number of hydrogen-bond donors (Lipinski definition) is 1. The molecule has 2 nitrogen and oxygen atoms in total. The first kappa shape index (κ1) is 10.9. The van der Waals surface area contributed by atoms with Crippen LogP contribution in [0.2, 0.25) is 0 Å². The fourth-order valence-corrected chi connectivity index (χ4v) is 2.03. The first-order valence-corrected chi connectivity index (χ1v) is 6.01. The molecule has 1 aromatic heterocycles. The number of aryl methyl sites for hydroxylation is 1. The molecule has 1 heterocycles. The summed E-state index contributed by atoms with van der Waals surface area (Å²) in [5.74, 6) is -0.0200. The predicted molar refractivity (Wildman–Crippen MR) is 66.7 cm³/mol. The summed E-state index contributed by atoms with van der Waals surface area (Å²) in [6.07, 6.45) is 0. The average Bonchev–Trinajstić information content (AvgIpc) is 2.80. The Kier molecular flexibility index (Phi) is 3.37. The van der Waals surface area contributed by atoms with Crippen molar-refractivity contribution >= 4 is 17.2 Å². The summed E-state index contributed by atoms with van der Waals surface area (Å²) in [5.41, 5.74) is 1.87. The number of hydrogen-bond acceptors (Lipinski definition) is 2. The molecule has 3 heteroatoms. The number of benzene rings is 1. The molecular weight excluding hydrogens is 218 g/mol. The van der Waals surface area contributed by atoms with E-state index < -0.39 is 0 Å². The molecule has 1 amide bonds. The van der Waals surface area contributed by atoms with Gasteiger partial charge in [-0.3, -0.25) is 4.79 Å². The summed E-state index contributed by atoms with van der Waals surface area (Å²) in [6, 6.07) is 11.6. The zero-order chi connectivity index (χ0) is 11.4. The largest absolute Gasteiger partial charge is 0.347 e. The van der Waals surface area contributed by atoms with Crippen LogP contribution in [-0.4, -0.2) is 5.91 Å². The van der Waals surface area contributed by atoms with E-state index in [0.29, 0.717) is 12.1 Å². The lowest BCUT2D eigenvalue weighted by molar-refractivity contribution is 0.0951. The summed E-state index contributed by atoms with van der Waals surface area (Å²) in [7, 11) is 0. The molecule has 1 aromatic carbocycles. The van der Waals surface area contributed by atoms with Crippen LogP contribution < -0.4 is 5.32 Å². The fraction of sp³-hybridized carbons (Fsp3) is 0.154. The molecular formula is C13H13NOS. The second kappa shape index (κ2) is 4.94. The van der Waals surface area contributed by atoms with Crippen LogP contribution in [0.15, 0.2) is 41.8 Å². The maximum atomic E-state index is 11.7. The van der Waals surface area contributed by atoms with E-state index in [2.05, 4.69) is 5.32 Å². The third kappa shape index (κ3) is 2.70. The second-order valence-corrected chi connectivity index (χ2v) is 4.66. The molecule has 0 fully saturated rings. The monoisotopic (exact) mass is 231 g/mol. The molecule has 0 bridgehead atoms. The van der Waals surface area contributed by atoms with Crippen LogP contribution in [0, 0.1) is 6.92 Å². The minimum Gasteiger partial charge on any atom is -0.347 e. The van der Waals surface area contributed by atoms with Crippen LogP contribution in [0.4, 0.5) is 0 Å². The highest BCUT2D eigenvalue weighted by Gasteiger charge is 2.04. The Morgan fingerprint density at radius 3 is 2.62 bits per heavy atom. The van der Waals surface area contributed by atoms with Gasteiger partial charge >= 0.3 is 0 Å². The molecule has 2 rings (SSSR count). The third-order valence-corrected chi connectivity index (χ3v) is 3.19. The molecule has 2 aromatic rings. The molecule has 16 heavy (non-hydrogen) atoms. The maximum absolute atomic E-state index is 11.7. The number of amides is 1. The van der Waals surface area contributed by atoms with E-state index in [1.165, 1.54) is 4.88 Å². The Morgan fingerprint density at radius 1 is 1.25 bits per heavy atom. The van der Waals surface area contributed by atoms with E-state index in [1.807, 2.05) is 48.7 Å². The zero-order valence-electron chi connectivity index (χ0n) is 9.07. The van der Waals surface area contributed by atoms with E-state index in [9.17, 15) is 4.79 Å². The number of carbonyl (C=O) groups is 1. The average molecular weight is 231 g/mol. The van der Waals surface area contributed by atoms with Crippen molar-refractivity contribution in [1.29, 1.82) is 0 Å². The van der Waals surface area contributed by atoms with Gasteiger partial charge in [0.05, 0.1) is 6.54 Å². The van der Waals surface area contributed by atoms with Crippen molar-refractivity contribution in [2.75, 3.05) is 0 Å². The van der Waals surface area contributed by atoms with Crippen molar-refractivity contribution in [3.8, 4) is 0 Å². The molecule has 0 radical (unpaired) electrons. The maximum Gasteiger partial charge on any atom is 0.251 e. The summed E-state index contributed by atoms with van der Waals surface area (Å²) < 4.78 is 0. The first-order chi connectivity index (χ1) is 7.75. The van der Waals surface area contributed by atoms with Crippen molar-refractivity contribution in [3.63, 3.8) is 0 Å². The number of rotatable bonds is 3. The van der Waals surface area contributed by atoms with E-state index in [1.54, 1.807) is 11.3 Å². The van der Waals surface area contributed by atoms with E-state index in [4.69, 9.17) is 0 Å². The molecule has 0 aliphatic carbocycles. The smallest absolute Gasteiger partial charge is 0.251 e. The molecule has 0 atom stereocenters. The van der Waals surface area contributed by atoms with Crippen LogP contribution in [0.3, 0.4) is 0 Å². The topological polar surface area (TPSA) is 29.1 Å². The first-order valence-electron chi connectivity index (χ1n) is 5.13. The molecule has 0 saturated carbocycles. The predicted octanol–water partition coefficient (Wildman–Crippen LogP) is 2.99. The molecule has 82 valence electrons. The van der Waals surface area contributed by atoms with E-state index >= 15 is 0 Å². The summed E-state index contributed by atoms with van der Waals surface area (Å²) >= 11 is 1.65. The Bertz CT molecular complexity index is 459. The molecule has 1 N–H and O–H groups in total. The zero-order valence-corrected chi connectivity index (χ0v) is 9.88. The molecule has 0 unspecified atom stereocenters. The van der Waals surface area contributed by atoms with Crippen molar-refractivity contribution < 1.29 is 4.79 Å². The summed E-state index contributed by atoms with van der Waals surface area (Å²) in [5, 5.41) is 4.90. The molecule has 0 aliphatic heterocycles. The summed E-state index contributed by atoms with van der Waals surface area (Å²) in [4.78, 5) is 12.9. The molecule has 0 spiro atoms. The van der Waals surface area contributed by atoms with Crippen molar-refractivity contribution in [2.45, 2.75) is 13.5 Å². The quantitative estimate of drug-likeness (QED) is 0.864. The lowest BCUT2D eigenvalue weighted by Gasteiger charge is -2.03. The second-order valence-electron chi connectivity index (χ2n) is 3.63. The van der Waals surface area contributed by atoms with Gasteiger partial charge in [-0.05, 0) is 30.5 Å².